The molecule has 3 aromatic rings. The SMILES string of the molecule is Cc1cc(C2=CCc3ncc(-c4ccc(CN5CCN(C)CC5)cc4)cc32)cnc1C. The number of hydrogen-bond acceptors (Lipinski definition) is 4. The van der Waals surface area contributed by atoms with E-state index in [0.717, 1.165) is 50.5 Å². The van der Waals surface area contributed by atoms with Crippen LogP contribution in [0.4, 0.5) is 0 Å². The van der Waals surface area contributed by atoms with Gasteiger partial charge in [0.15, 0.2) is 0 Å². The Morgan fingerprint density at radius 2 is 1.58 bits per heavy atom. The summed E-state index contributed by atoms with van der Waals surface area (Å²) in [4.78, 5) is 14.3. The van der Waals surface area contributed by atoms with Gasteiger partial charge in [-0.15, -0.1) is 0 Å². The maximum atomic E-state index is 4.79. The van der Waals surface area contributed by atoms with Crippen molar-refractivity contribution in [2.45, 2.75) is 26.8 Å². The van der Waals surface area contributed by atoms with E-state index in [1.807, 2.05) is 12.4 Å². The maximum Gasteiger partial charge on any atom is 0.0520 e. The molecular formula is C27H30N4. The number of fused-ring (bicyclic) bond motifs is 1. The summed E-state index contributed by atoms with van der Waals surface area (Å²) in [5.41, 5.74) is 10.9. The van der Waals surface area contributed by atoms with Crippen LogP contribution in [0.1, 0.15) is 33.6 Å². The third-order valence-electron chi connectivity index (χ3n) is 6.70. The van der Waals surface area contributed by atoms with Crippen LogP contribution in [0.5, 0.6) is 0 Å². The molecule has 4 heteroatoms. The fourth-order valence-electron chi connectivity index (χ4n) is 4.49. The van der Waals surface area contributed by atoms with Gasteiger partial charge in [-0.3, -0.25) is 14.9 Å². The van der Waals surface area contributed by atoms with Crippen LogP contribution in [-0.4, -0.2) is 53.0 Å². The predicted octanol–water partition coefficient (Wildman–Crippen LogP) is 4.50. The van der Waals surface area contributed by atoms with Crippen molar-refractivity contribution in [2.24, 2.45) is 0 Å². The fraction of sp³-hybridized carbons (Fsp3) is 0.333. The second-order valence-electron chi connectivity index (χ2n) is 8.94. The van der Waals surface area contributed by atoms with Gasteiger partial charge in [0.1, 0.15) is 0 Å². The van der Waals surface area contributed by atoms with Crippen LogP contribution in [0.25, 0.3) is 16.7 Å². The van der Waals surface area contributed by atoms with Gasteiger partial charge in [0.25, 0.3) is 0 Å². The zero-order valence-electron chi connectivity index (χ0n) is 18.7. The Morgan fingerprint density at radius 1 is 0.839 bits per heavy atom. The van der Waals surface area contributed by atoms with Crippen molar-refractivity contribution < 1.29 is 0 Å². The summed E-state index contributed by atoms with van der Waals surface area (Å²) in [7, 11) is 2.20. The summed E-state index contributed by atoms with van der Waals surface area (Å²) in [5, 5.41) is 0. The van der Waals surface area contributed by atoms with E-state index in [9.17, 15) is 0 Å². The lowest BCUT2D eigenvalue weighted by Gasteiger charge is -2.32. The molecule has 1 aliphatic heterocycles. The molecule has 1 aromatic carbocycles. The summed E-state index contributed by atoms with van der Waals surface area (Å²) in [5.74, 6) is 0. The van der Waals surface area contributed by atoms with Crippen molar-refractivity contribution in [3.05, 3.63) is 88.5 Å². The van der Waals surface area contributed by atoms with Crippen LogP contribution >= 0.6 is 0 Å². The minimum atomic E-state index is 0.891. The molecule has 0 atom stereocenters. The summed E-state index contributed by atoms with van der Waals surface area (Å²) in [6.45, 7) is 9.83. The van der Waals surface area contributed by atoms with Crippen LogP contribution < -0.4 is 0 Å². The second kappa shape index (κ2) is 8.37. The van der Waals surface area contributed by atoms with Crippen molar-refractivity contribution in [2.75, 3.05) is 33.2 Å². The molecule has 0 N–H and O–H groups in total. The van der Waals surface area contributed by atoms with Gasteiger partial charge in [-0.05, 0) is 55.3 Å². The molecule has 0 radical (unpaired) electrons. The van der Waals surface area contributed by atoms with Gasteiger partial charge in [-0.25, -0.2) is 0 Å². The maximum absolute atomic E-state index is 4.79. The molecule has 158 valence electrons. The van der Waals surface area contributed by atoms with E-state index in [-0.39, 0.29) is 0 Å². The Kier molecular flexibility index (Phi) is 5.43. The Morgan fingerprint density at radius 3 is 2.32 bits per heavy atom. The van der Waals surface area contributed by atoms with E-state index in [4.69, 9.17) is 4.98 Å². The van der Waals surface area contributed by atoms with Crippen LogP contribution in [0.3, 0.4) is 0 Å². The fourth-order valence-corrected chi connectivity index (χ4v) is 4.49. The first kappa shape index (κ1) is 20.1. The molecule has 0 amide bonds. The zero-order valence-corrected chi connectivity index (χ0v) is 18.7. The zero-order chi connectivity index (χ0) is 21.4. The number of likely N-dealkylation sites (N-methyl/N-ethyl adjacent to an activating group) is 1. The normalized spacial score (nSPS) is 16.9. The van der Waals surface area contributed by atoms with Crippen molar-refractivity contribution >= 4 is 5.57 Å². The second-order valence-corrected chi connectivity index (χ2v) is 8.94. The lowest BCUT2D eigenvalue weighted by atomic mass is 9.97. The molecule has 4 nitrogen and oxygen atoms in total. The van der Waals surface area contributed by atoms with E-state index >= 15 is 0 Å². The largest absolute Gasteiger partial charge is 0.304 e. The molecule has 1 saturated heterocycles. The Balaban J connectivity index is 1.36. The summed E-state index contributed by atoms with van der Waals surface area (Å²) >= 11 is 0. The first-order chi connectivity index (χ1) is 15.1. The van der Waals surface area contributed by atoms with Crippen molar-refractivity contribution in [1.29, 1.82) is 0 Å². The highest BCUT2D eigenvalue weighted by Crippen LogP contribution is 2.34. The minimum absolute atomic E-state index is 0.891. The molecule has 2 aromatic heterocycles. The molecular weight excluding hydrogens is 380 g/mol. The molecule has 0 spiro atoms. The van der Waals surface area contributed by atoms with Crippen molar-refractivity contribution in [3.8, 4) is 11.1 Å². The van der Waals surface area contributed by atoms with Crippen LogP contribution in [0, 0.1) is 13.8 Å². The van der Waals surface area contributed by atoms with Gasteiger partial charge >= 0.3 is 0 Å². The lowest BCUT2D eigenvalue weighted by Crippen LogP contribution is -2.43. The Bertz CT molecular complexity index is 1120. The van der Waals surface area contributed by atoms with E-state index < -0.39 is 0 Å². The number of hydrogen-bond donors (Lipinski definition) is 0. The van der Waals surface area contributed by atoms with Gasteiger partial charge < -0.3 is 4.90 Å². The monoisotopic (exact) mass is 410 g/mol. The highest BCUT2D eigenvalue weighted by atomic mass is 15.2. The molecule has 3 heterocycles. The number of aromatic nitrogens is 2. The topological polar surface area (TPSA) is 32.3 Å². The molecule has 31 heavy (non-hydrogen) atoms. The number of nitrogens with zero attached hydrogens (tertiary/aromatic N) is 4. The molecule has 2 aliphatic rings. The molecule has 5 rings (SSSR count). The van der Waals surface area contributed by atoms with Gasteiger partial charge in [-0.2, -0.15) is 0 Å². The van der Waals surface area contributed by atoms with Crippen molar-refractivity contribution in [3.63, 3.8) is 0 Å². The number of benzene rings is 1. The third-order valence-corrected chi connectivity index (χ3v) is 6.70. The van der Waals surface area contributed by atoms with E-state index in [2.05, 4.69) is 78.2 Å². The number of aryl methyl sites for hydroxylation is 2. The van der Waals surface area contributed by atoms with Crippen molar-refractivity contribution in [1.82, 2.24) is 19.8 Å². The summed E-state index contributed by atoms with van der Waals surface area (Å²) in [6, 6.07) is 13.6. The highest BCUT2D eigenvalue weighted by Gasteiger charge is 2.19. The average Bonchev–Trinajstić information content (AvgIpc) is 3.21. The van der Waals surface area contributed by atoms with Crippen LogP contribution in [0.2, 0.25) is 0 Å². The molecule has 0 saturated carbocycles. The number of piperazine rings is 1. The molecule has 1 aliphatic carbocycles. The minimum Gasteiger partial charge on any atom is -0.304 e. The van der Waals surface area contributed by atoms with Gasteiger partial charge in [-0.1, -0.05) is 30.3 Å². The van der Waals surface area contributed by atoms with E-state index in [0.29, 0.717) is 0 Å². The van der Waals surface area contributed by atoms with Crippen LogP contribution in [-0.2, 0) is 13.0 Å². The standard InChI is InChI=1S/C27H30N4/c1-19-14-24(17-28-20(19)2)25-8-9-27-26(25)15-23(16-29-27)22-6-4-21(5-7-22)18-31-12-10-30(3)11-13-31/h4-8,14-17H,9-13,18H2,1-3H3. The average molecular weight is 411 g/mol. The smallest absolute Gasteiger partial charge is 0.0520 e. The first-order valence-corrected chi connectivity index (χ1v) is 11.2. The van der Waals surface area contributed by atoms with E-state index in [1.54, 1.807) is 0 Å². The third kappa shape index (κ3) is 4.18. The predicted molar refractivity (Wildman–Crippen MR) is 127 cm³/mol. The lowest BCUT2D eigenvalue weighted by molar-refractivity contribution is 0.148. The van der Waals surface area contributed by atoms with Gasteiger partial charge in [0.2, 0.25) is 0 Å². The number of pyridine rings is 2. The Hall–Kier alpha value is -2.82. The summed E-state index contributed by atoms with van der Waals surface area (Å²) in [6.07, 6.45) is 7.18. The first-order valence-electron chi connectivity index (χ1n) is 11.2. The molecule has 0 unspecified atom stereocenters. The number of rotatable bonds is 4. The number of allylic oxidation sites excluding steroid dienone is 1. The van der Waals surface area contributed by atoms with E-state index in [1.165, 1.54) is 39.0 Å². The quantitative estimate of drug-likeness (QED) is 0.634. The Labute approximate surface area is 185 Å². The molecule has 0 bridgehead atoms. The highest BCUT2D eigenvalue weighted by molar-refractivity contribution is 5.85. The van der Waals surface area contributed by atoms with Gasteiger partial charge in [0.05, 0.1) is 5.69 Å². The summed E-state index contributed by atoms with van der Waals surface area (Å²) < 4.78 is 0. The molecule has 1 fully saturated rings. The van der Waals surface area contributed by atoms with Crippen LogP contribution in [0.15, 0.2) is 54.9 Å². The van der Waals surface area contributed by atoms with Gasteiger partial charge in [0, 0.05) is 73.9 Å².